The van der Waals surface area contributed by atoms with Crippen molar-refractivity contribution < 1.29 is 31.8 Å². The number of benzene rings is 1. The highest BCUT2D eigenvalue weighted by molar-refractivity contribution is 5.97. The first-order valence-electron chi connectivity index (χ1n) is 9.34. The van der Waals surface area contributed by atoms with E-state index in [0.29, 0.717) is 43.6 Å². The summed E-state index contributed by atoms with van der Waals surface area (Å²) in [6, 6.07) is 2.91. The number of hydrogen-bond donors (Lipinski definition) is 2. The quantitative estimate of drug-likeness (QED) is 0.662. The lowest BCUT2D eigenvalue weighted by Gasteiger charge is -2.27. The summed E-state index contributed by atoms with van der Waals surface area (Å²) in [5, 5.41) is 5.11. The van der Waals surface area contributed by atoms with Gasteiger partial charge in [-0.05, 0) is 24.6 Å². The van der Waals surface area contributed by atoms with Crippen LogP contribution in [0.2, 0.25) is 0 Å². The number of alkyl halides is 4. The number of nitrogens with zero attached hydrogens (tertiary/aromatic N) is 3. The summed E-state index contributed by atoms with van der Waals surface area (Å²) in [4.78, 5) is 22.0. The fraction of sp³-hybridized carbons (Fsp3) is 0.421. The van der Waals surface area contributed by atoms with E-state index in [2.05, 4.69) is 20.6 Å². The molecular formula is C19H21F4N5O3. The van der Waals surface area contributed by atoms with Crippen LogP contribution in [-0.2, 0) is 10.9 Å². The maximum absolute atomic E-state index is 13.0. The van der Waals surface area contributed by atoms with E-state index in [0.717, 1.165) is 0 Å². The van der Waals surface area contributed by atoms with Crippen LogP contribution in [0.4, 0.5) is 35.0 Å². The first-order valence-corrected chi connectivity index (χ1v) is 9.34. The van der Waals surface area contributed by atoms with E-state index in [4.69, 9.17) is 9.47 Å². The molecule has 0 radical (unpaired) electrons. The first-order chi connectivity index (χ1) is 14.7. The fourth-order valence-corrected chi connectivity index (χ4v) is 3.09. The van der Waals surface area contributed by atoms with Crippen LogP contribution in [0.25, 0.3) is 0 Å². The van der Waals surface area contributed by atoms with E-state index in [-0.39, 0.29) is 23.3 Å². The van der Waals surface area contributed by atoms with Crippen molar-refractivity contribution in [3.63, 3.8) is 0 Å². The van der Waals surface area contributed by atoms with Gasteiger partial charge in [0, 0.05) is 31.9 Å². The maximum atomic E-state index is 13.0. The summed E-state index contributed by atoms with van der Waals surface area (Å²) in [6.07, 6.45) is -3.99. The average molecular weight is 443 g/mol. The van der Waals surface area contributed by atoms with Gasteiger partial charge in [0.2, 0.25) is 12.8 Å². The Kier molecular flexibility index (Phi) is 6.78. The standard InChI is InChI=1S/C19H21F4N5O3/c1-11-7-14(26-18-25-9-13(19(21,22)23)16(24-2)27-18)15(31-10-20)8-12(11)17(29)28-3-5-30-6-4-28/h7-9H,3-6,10H2,1-2H3,(H2,24,25,26,27). The summed E-state index contributed by atoms with van der Waals surface area (Å²) in [7, 11) is 1.30. The van der Waals surface area contributed by atoms with E-state index in [1.165, 1.54) is 19.2 Å². The number of nitrogens with one attached hydrogen (secondary N) is 2. The van der Waals surface area contributed by atoms with Gasteiger partial charge in [-0.25, -0.2) is 9.37 Å². The molecule has 2 heterocycles. The van der Waals surface area contributed by atoms with Gasteiger partial charge in [-0.2, -0.15) is 18.2 Å². The number of aryl methyl sites for hydroxylation is 1. The summed E-state index contributed by atoms with van der Waals surface area (Å²) in [5.74, 6) is -0.833. The van der Waals surface area contributed by atoms with Crippen LogP contribution in [0.15, 0.2) is 18.3 Å². The van der Waals surface area contributed by atoms with Crippen LogP contribution >= 0.6 is 0 Å². The van der Waals surface area contributed by atoms with Gasteiger partial charge in [0.05, 0.1) is 18.9 Å². The molecule has 1 amide bonds. The minimum absolute atomic E-state index is 0.000727. The summed E-state index contributed by atoms with van der Waals surface area (Å²) in [5.41, 5.74) is 0.0602. The van der Waals surface area contributed by atoms with Crippen molar-refractivity contribution in [2.45, 2.75) is 13.1 Å². The van der Waals surface area contributed by atoms with Gasteiger partial charge >= 0.3 is 6.18 Å². The van der Waals surface area contributed by atoms with Gasteiger partial charge in [0.1, 0.15) is 17.1 Å². The van der Waals surface area contributed by atoms with Gasteiger partial charge in [0.25, 0.3) is 5.91 Å². The summed E-state index contributed by atoms with van der Waals surface area (Å²) < 4.78 is 62.3. The highest BCUT2D eigenvalue weighted by atomic mass is 19.4. The van der Waals surface area contributed by atoms with Gasteiger partial charge in [0.15, 0.2) is 0 Å². The molecule has 1 aromatic heterocycles. The number of carbonyl (C=O) groups excluding carboxylic acids is 1. The average Bonchev–Trinajstić information content (AvgIpc) is 2.75. The number of rotatable bonds is 6. The lowest BCUT2D eigenvalue weighted by Crippen LogP contribution is -2.40. The Bertz CT molecular complexity index is 949. The van der Waals surface area contributed by atoms with Crippen LogP contribution < -0.4 is 15.4 Å². The number of hydrogen-bond acceptors (Lipinski definition) is 7. The molecule has 168 valence electrons. The number of aromatic nitrogens is 2. The fourth-order valence-electron chi connectivity index (χ4n) is 3.09. The van der Waals surface area contributed by atoms with E-state index in [1.54, 1.807) is 11.8 Å². The smallest absolute Gasteiger partial charge is 0.421 e. The van der Waals surface area contributed by atoms with E-state index in [1.807, 2.05) is 0 Å². The summed E-state index contributed by atoms with van der Waals surface area (Å²) >= 11 is 0. The van der Waals surface area contributed by atoms with Crippen molar-refractivity contribution in [2.24, 2.45) is 0 Å². The minimum atomic E-state index is -4.63. The van der Waals surface area contributed by atoms with E-state index < -0.39 is 24.4 Å². The molecular weight excluding hydrogens is 422 g/mol. The third kappa shape index (κ3) is 5.13. The molecule has 1 aliphatic heterocycles. The molecule has 0 atom stereocenters. The van der Waals surface area contributed by atoms with Crippen LogP contribution in [0.3, 0.4) is 0 Å². The highest BCUT2D eigenvalue weighted by Gasteiger charge is 2.35. The molecule has 1 saturated heterocycles. The summed E-state index contributed by atoms with van der Waals surface area (Å²) in [6.45, 7) is 2.24. The monoisotopic (exact) mass is 443 g/mol. The van der Waals surface area contributed by atoms with E-state index >= 15 is 0 Å². The molecule has 1 fully saturated rings. The van der Waals surface area contributed by atoms with Gasteiger partial charge in [-0.3, -0.25) is 4.79 Å². The van der Waals surface area contributed by atoms with E-state index in [9.17, 15) is 22.4 Å². The van der Waals surface area contributed by atoms with Crippen LogP contribution in [0.1, 0.15) is 21.5 Å². The molecule has 0 unspecified atom stereocenters. The molecule has 2 N–H and O–H groups in total. The second-order valence-corrected chi connectivity index (χ2v) is 6.65. The minimum Gasteiger partial charge on any atom is -0.461 e. The molecule has 0 aliphatic carbocycles. The predicted molar refractivity (Wildman–Crippen MR) is 104 cm³/mol. The lowest BCUT2D eigenvalue weighted by atomic mass is 10.1. The lowest BCUT2D eigenvalue weighted by molar-refractivity contribution is -0.137. The Morgan fingerprint density at radius 1 is 1.29 bits per heavy atom. The molecule has 0 bridgehead atoms. The van der Waals surface area contributed by atoms with Crippen molar-refractivity contribution in [3.05, 3.63) is 35.0 Å². The Morgan fingerprint density at radius 2 is 2.00 bits per heavy atom. The van der Waals surface area contributed by atoms with Crippen molar-refractivity contribution in [1.29, 1.82) is 0 Å². The number of amides is 1. The third-order valence-corrected chi connectivity index (χ3v) is 4.64. The highest BCUT2D eigenvalue weighted by Crippen LogP contribution is 2.35. The second-order valence-electron chi connectivity index (χ2n) is 6.65. The largest absolute Gasteiger partial charge is 0.461 e. The zero-order chi connectivity index (χ0) is 22.6. The normalized spacial score (nSPS) is 14.3. The molecule has 0 spiro atoms. The van der Waals surface area contributed by atoms with Crippen molar-refractivity contribution in [3.8, 4) is 5.75 Å². The second kappa shape index (κ2) is 9.33. The molecule has 1 aromatic carbocycles. The Hall–Kier alpha value is -3.15. The van der Waals surface area contributed by atoms with Gasteiger partial charge in [-0.15, -0.1) is 0 Å². The Balaban J connectivity index is 1.92. The SMILES string of the molecule is CNc1nc(Nc2cc(C)c(C(=O)N3CCOCC3)cc2OCF)ncc1C(F)(F)F. The Labute approximate surface area is 175 Å². The van der Waals surface area contributed by atoms with Gasteiger partial charge in [-0.1, -0.05) is 0 Å². The molecule has 8 nitrogen and oxygen atoms in total. The molecule has 31 heavy (non-hydrogen) atoms. The number of anilines is 3. The zero-order valence-electron chi connectivity index (χ0n) is 16.8. The number of ether oxygens (including phenoxy) is 2. The van der Waals surface area contributed by atoms with Crippen molar-refractivity contribution in [1.82, 2.24) is 14.9 Å². The van der Waals surface area contributed by atoms with Crippen LogP contribution in [0.5, 0.6) is 5.75 Å². The maximum Gasteiger partial charge on any atom is 0.421 e. The third-order valence-electron chi connectivity index (χ3n) is 4.64. The van der Waals surface area contributed by atoms with Crippen molar-refractivity contribution in [2.75, 3.05) is 50.8 Å². The number of halogens is 4. The topological polar surface area (TPSA) is 88.6 Å². The molecule has 3 rings (SSSR count). The zero-order valence-corrected chi connectivity index (χ0v) is 16.8. The van der Waals surface area contributed by atoms with Crippen molar-refractivity contribution >= 4 is 23.4 Å². The predicted octanol–water partition coefficient (Wildman–Crippen LogP) is 3.37. The number of morpholine rings is 1. The van der Waals surface area contributed by atoms with Gasteiger partial charge < -0.3 is 25.0 Å². The van der Waals surface area contributed by atoms with Crippen LogP contribution in [-0.4, -0.2) is 61.0 Å². The molecule has 12 heteroatoms. The molecule has 2 aromatic rings. The first kappa shape index (κ1) is 22.5. The molecule has 0 saturated carbocycles. The number of carbonyl (C=O) groups is 1. The Morgan fingerprint density at radius 3 is 2.61 bits per heavy atom. The molecule has 1 aliphatic rings. The van der Waals surface area contributed by atoms with Crippen LogP contribution in [0, 0.1) is 6.92 Å².